The first-order chi connectivity index (χ1) is 12.1. The fourth-order valence-electron chi connectivity index (χ4n) is 3.20. The molecule has 0 aromatic heterocycles. The van der Waals surface area contributed by atoms with Gasteiger partial charge in [0.2, 0.25) is 11.8 Å². The Kier molecular flexibility index (Phi) is 5.49. The van der Waals surface area contributed by atoms with E-state index in [1.165, 1.54) is 5.56 Å². The number of hydrogen-bond acceptors (Lipinski definition) is 2. The SMILES string of the molecule is CC(CCc1ccccc1)NC(=O)C1CC(=O)N(c2ccccc2)C1. The molecule has 1 N–H and O–H groups in total. The van der Waals surface area contributed by atoms with Crippen molar-refractivity contribution in [2.45, 2.75) is 32.2 Å². The number of benzene rings is 2. The second-order valence-corrected chi connectivity index (χ2v) is 6.67. The molecule has 2 aromatic rings. The smallest absolute Gasteiger partial charge is 0.227 e. The Balaban J connectivity index is 1.51. The van der Waals surface area contributed by atoms with Crippen LogP contribution in [-0.4, -0.2) is 24.4 Å². The Morgan fingerprint density at radius 1 is 1.12 bits per heavy atom. The number of para-hydroxylation sites is 1. The Bertz CT molecular complexity index is 715. The highest BCUT2D eigenvalue weighted by Gasteiger charge is 2.35. The molecule has 0 aliphatic carbocycles. The van der Waals surface area contributed by atoms with E-state index in [1.807, 2.05) is 55.5 Å². The summed E-state index contributed by atoms with van der Waals surface area (Å²) < 4.78 is 0. The van der Waals surface area contributed by atoms with E-state index < -0.39 is 0 Å². The molecule has 1 aliphatic heterocycles. The molecule has 1 saturated heterocycles. The van der Waals surface area contributed by atoms with Gasteiger partial charge in [-0.1, -0.05) is 48.5 Å². The molecule has 4 heteroatoms. The van der Waals surface area contributed by atoms with Gasteiger partial charge in [0, 0.05) is 24.7 Å². The van der Waals surface area contributed by atoms with Crippen molar-refractivity contribution in [3.63, 3.8) is 0 Å². The number of rotatable bonds is 6. The third kappa shape index (κ3) is 4.47. The maximum absolute atomic E-state index is 12.5. The first kappa shape index (κ1) is 17.2. The summed E-state index contributed by atoms with van der Waals surface area (Å²) in [5.41, 5.74) is 2.13. The van der Waals surface area contributed by atoms with Crippen LogP contribution in [0.5, 0.6) is 0 Å². The number of nitrogens with one attached hydrogen (secondary N) is 1. The number of carbonyl (C=O) groups excluding carboxylic acids is 2. The molecular weight excluding hydrogens is 312 g/mol. The second-order valence-electron chi connectivity index (χ2n) is 6.67. The molecule has 130 valence electrons. The quantitative estimate of drug-likeness (QED) is 0.881. The lowest BCUT2D eigenvalue weighted by atomic mass is 10.0. The molecule has 1 heterocycles. The fourth-order valence-corrected chi connectivity index (χ4v) is 3.20. The van der Waals surface area contributed by atoms with Gasteiger partial charge in [0.15, 0.2) is 0 Å². The van der Waals surface area contributed by atoms with E-state index in [9.17, 15) is 9.59 Å². The summed E-state index contributed by atoms with van der Waals surface area (Å²) in [6.07, 6.45) is 2.10. The predicted octanol–water partition coefficient (Wildman–Crippen LogP) is 3.18. The molecule has 1 aliphatic rings. The van der Waals surface area contributed by atoms with Gasteiger partial charge in [-0.05, 0) is 37.5 Å². The largest absolute Gasteiger partial charge is 0.353 e. The molecule has 25 heavy (non-hydrogen) atoms. The predicted molar refractivity (Wildman–Crippen MR) is 99.3 cm³/mol. The molecule has 0 bridgehead atoms. The Morgan fingerprint density at radius 3 is 2.44 bits per heavy atom. The van der Waals surface area contributed by atoms with Gasteiger partial charge in [-0.15, -0.1) is 0 Å². The number of aryl methyl sites for hydroxylation is 1. The van der Waals surface area contributed by atoms with Crippen molar-refractivity contribution >= 4 is 17.5 Å². The summed E-state index contributed by atoms with van der Waals surface area (Å²) in [5, 5.41) is 3.07. The minimum atomic E-state index is -0.271. The Morgan fingerprint density at radius 2 is 1.76 bits per heavy atom. The van der Waals surface area contributed by atoms with Crippen LogP contribution in [0, 0.1) is 5.92 Å². The van der Waals surface area contributed by atoms with Crippen LogP contribution < -0.4 is 10.2 Å². The van der Waals surface area contributed by atoms with Crippen molar-refractivity contribution in [2.24, 2.45) is 5.92 Å². The van der Waals surface area contributed by atoms with Crippen LogP contribution in [0.2, 0.25) is 0 Å². The number of nitrogens with zero attached hydrogens (tertiary/aromatic N) is 1. The number of hydrogen-bond donors (Lipinski definition) is 1. The fraction of sp³-hybridized carbons (Fsp3) is 0.333. The second kappa shape index (κ2) is 7.97. The first-order valence-electron chi connectivity index (χ1n) is 8.83. The minimum absolute atomic E-state index is 0.0169. The van der Waals surface area contributed by atoms with Crippen molar-refractivity contribution in [1.82, 2.24) is 5.32 Å². The van der Waals surface area contributed by atoms with Gasteiger partial charge in [0.1, 0.15) is 0 Å². The maximum atomic E-state index is 12.5. The van der Waals surface area contributed by atoms with Crippen molar-refractivity contribution in [3.8, 4) is 0 Å². The topological polar surface area (TPSA) is 49.4 Å². The van der Waals surface area contributed by atoms with Crippen LogP contribution in [0.1, 0.15) is 25.3 Å². The van der Waals surface area contributed by atoms with E-state index in [1.54, 1.807) is 4.90 Å². The molecule has 2 atom stereocenters. The highest BCUT2D eigenvalue weighted by atomic mass is 16.2. The van der Waals surface area contributed by atoms with E-state index in [2.05, 4.69) is 17.4 Å². The molecule has 2 aromatic carbocycles. The first-order valence-corrected chi connectivity index (χ1v) is 8.83. The van der Waals surface area contributed by atoms with Crippen LogP contribution in [0.3, 0.4) is 0 Å². The number of anilines is 1. The molecule has 0 spiro atoms. The van der Waals surface area contributed by atoms with Crippen molar-refractivity contribution in [2.75, 3.05) is 11.4 Å². The average Bonchev–Trinajstić information content (AvgIpc) is 3.03. The number of amides is 2. The van der Waals surface area contributed by atoms with E-state index in [4.69, 9.17) is 0 Å². The minimum Gasteiger partial charge on any atom is -0.353 e. The monoisotopic (exact) mass is 336 g/mol. The van der Waals surface area contributed by atoms with Gasteiger partial charge in [0.05, 0.1) is 5.92 Å². The summed E-state index contributed by atoms with van der Waals surface area (Å²) >= 11 is 0. The van der Waals surface area contributed by atoms with E-state index in [-0.39, 0.29) is 30.2 Å². The molecule has 0 saturated carbocycles. The van der Waals surface area contributed by atoms with Gasteiger partial charge in [-0.3, -0.25) is 9.59 Å². The molecule has 2 unspecified atom stereocenters. The maximum Gasteiger partial charge on any atom is 0.227 e. The summed E-state index contributed by atoms with van der Waals surface area (Å²) in [5.74, 6) is -0.275. The molecule has 2 amide bonds. The van der Waals surface area contributed by atoms with Crippen LogP contribution >= 0.6 is 0 Å². The molecular formula is C21H24N2O2. The van der Waals surface area contributed by atoms with E-state index in [0.29, 0.717) is 6.54 Å². The van der Waals surface area contributed by atoms with E-state index >= 15 is 0 Å². The van der Waals surface area contributed by atoms with Crippen LogP contribution in [0.15, 0.2) is 60.7 Å². The standard InChI is InChI=1S/C21H24N2O2/c1-16(12-13-17-8-4-2-5-9-17)22-21(25)18-14-20(24)23(15-18)19-10-6-3-7-11-19/h2-11,16,18H,12-15H2,1H3,(H,22,25). The molecule has 0 radical (unpaired) electrons. The third-order valence-electron chi connectivity index (χ3n) is 4.66. The van der Waals surface area contributed by atoms with Crippen LogP contribution in [-0.2, 0) is 16.0 Å². The third-order valence-corrected chi connectivity index (χ3v) is 4.66. The molecule has 3 rings (SSSR count). The lowest BCUT2D eigenvalue weighted by Crippen LogP contribution is -2.38. The molecule has 1 fully saturated rings. The highest BCUT2D eigenvalue weighted by molar-refractivity contribution is 6.00. The molecule has 4 nitrogen and oxygen atoms in total. The van der Waals surface area contributed by atoms with Crippen LogP contribution in [0.25, 0.3) is 0 Å². The lowest BCUT2D eigenvalue weighted by molar-refractivity contribution is -0.126. The van der Waals surface area contributed by atoms with Crippen molar-refractivity contribution < 1.29 is 9.59 Å². The Hall–Kier alpha value is -2.62. The van der Waals surface area contributed by atoms with Crippen LogP contribution in [0.4, 0.5) is 5.69 Å². The summed E-state index contributed by atoms with van der Waals surface area (Å²) in [6, 6.07) is 19.9. The van der Waals surface area contributed by atoms with Crippen molar-refractivity contribution in [3.05, 3.63) is 66.2 Å². The zero-order chi connectivity index (χ0) is 17.6. The summed E-state index contributed by atoms with van der Waals surface area (Å²) in [4.78, 5) is 26.4. The van der Waals surface area contributed by atoms with Gasteiger partial charge >= 0.3 is 0 Å². The average molecular weight is 336 g/mol. The number of carbonyl (C=O) groups is 2. The highest BCUT2D eigenvalue weighted by Crippen LogP contribution is 2.25. The normalized spacial score (nSPS) is 18.2. The van der Waals surface area contributed by atoms with Crippen molar-refractivity contribution in [1.29, 1.82) is 0 Å². The van der Waals surface area contributed by atoms with Gasteiger partial charge in [0.25, 0.3) is 0 Å². The summed E-state index contributed by atoms with van der Waals surface area (Å²) in [7, 11) is 0. The Labute approximate surface area is 148 Å². The zero-order valence-electron chi connectivity index (χ0n) is 14.5. The van der Waals surface area contributed by atoms with E-state index in [0.717, 1.165) is 18.5 Å². The van der Waals surface area contributed by atoms with Gasteiger partial charge < -0.3 is 10.2 Å². The zero-order valence-corrected chi connectivity index (χ0v) is 14.5. The summed E-state index contributed by atoms with van der Waals surface area (Å²) in [6.45, 7) is 2.48. The van der Waals surface area contributed by atoms with Gasteiger partial charge in [-0.25, -0.2) is 0 Å². The lowest BCUT2D eigenvalue weighted by Gasteiger charge is -2.18. The van der Waals surface area contributed by atoms with Gasteiger partial charge in [-0.2, -0.15) is 0 Å².